The first-order valence-electron chi connectivity index (χ1n) is 4.96. The SMILES string of the molecule is Cn1ccnc1CCn1cnc(Cl)c(I)c1=O. The Morgan fingerprint density at radius 2 is 2.24 bits per heavy atom. The first-order chi connectivity index (χ1) is 8.09. The van der Waals surface area contributed by atoms with Crippen molar-refractivity contribution < 1.29 is 0 Å². The minimum atomic E-state index is -0.111. The van der Waals surface area contributed by atoms with Gasteiger partial charge in [-0.1, -0.05) is 11.6 Å². The van der Waals surface area contributed by atoms with Crippen molar-refractivity contribution in [1.29, 1.82) is 0 Å². The van der Waals surface area contributed by atoms with Crippen molar-refractivity contribution in [1.82, 2.24) is 19.1 Å². The van der Waals surface area contributed by atoms with E-state index >= 15 is 0 Å². The third kappa shape index (κ3) is 2.68. The standard InChI is InChI=1S/C10H10ClIN4O/c1-15-5-3-13-7(15)2-4-16-6-14-9(11)8(12)10(16)17/h3,5-6H,2,4H2,1H3. The summed E-state index contributed by atoms with van der Waals surface area (Å²) in [7, 11) is 1.93. The van der Waals surface area contributed by atoms with Gasteiger partial charge in [0.2, 0.25) is 0 Å². The summed E-state index contributed by atoms with van der Waals surface area (Å²) in [5.41, 5.74) is -0.111. The molecule has 5 nitrogen and oxygen atoms in total. The molecule has 2 rings (SSSR count). The average Bonchev–Trinajstić information content (AvgIpc) is 2.71. The predicted octanol–water partition coefficient (Wildman–Crippen LogP) is 1.48. The van der Waals surface area contributed by atoms with Gasteiger partial charge in [0, 0.05) is 32.4 Å². The van der Waals surface area contributed by atoms with Crippen LogP contribution in [0, 0.1) is 3.57 Å². The van der Waals surface area contributed by atoms with Gasteiger partial charge >= 0.3 is 0 Å². The first kappa shape index (κ1) is 12.6. The van der Waals surface area contributed by atoms with E-state index in [0.29, 0.717) is 16.5 Å². The number of hydrogen-bond acceptors (Lipinski definition) is 3. The van der Waals surface area contributed by atoms with Crippen molar-refractivity contribution in [2.45, 2.75) is 13.0 Å². The van der Waals surface area contributed by atoms with Crippen molar-refractivity contribution in [2.75, 3.05) is 0 Å². The average molecular weight is 365 g/mol. The molecule has 7 heteroatoms. The lowest BCUT2D eigenvalue weighted by molar-refractivity contribution is 0.619. The molecular formula is C10H10ClIN4O. The molecule has 0 N–H and O–H groups in total. The summed E-state index contributed by atoms with van der Waals surface area (Å²) in [6, 6.07) is 0. The minimum absolute atomic E-state index is 0.111. The largest absolute Gasteiger partial charge is 0.338 e. The van der Waals surface area contributed by atoms with Crippen molar-refractivity contribution in [2.24, 2.45) is 7.05 Å². The lowest BCUT2D eigenvalue weighted by Crippen LogP contribution is -2.24. The molecule has 2 aromatic rings. The maximum Gasteiger partial charge on any atom is 0.268 e. The highest BCUT2D eigenvalue weighted by Gasteiger charge is 2.07. The summed E-state index contributed by atoms with van der Waals surface area (Å²) in [6.45, 7) is 0.545. The molecule has 0 spiro atoms. The topological polar surface area (TPSA) is 52.7 Å². The fraction of sp³-hybridized carbons (Fsp3) is 0.300. The molecule has 0 aliphatic rings. The lowest BCUT2D eigenvalue weighted by Gasteiger charge is -2.06. The molecule has 0 aromatic carbocycles. The van der Waals surface area contributed by atoms with Crippen LogP contribution in [0.25, 0.3) is 0 Å². The van der Waals surface area contributed by atoms with E-state index in [4.69, 9.17) is 11.6 Å². The first-order valence-corrected chi connectivity index (χ1v) is 6.42. The number of imidazole rings is 1. The molecule has 0 saturated carbocycles. The smallest absolute Gasteiger partial charge is 0.268 e. The summed E-state index contributed by atoms with van der Waals surface area (Å²) in [5.74, 6) is 0.932. The van der Waals surface area contributed by atoms with E-state index in [1.807, 2.05) is 40.4 Å². The van der Waals surface area contributed by atoms with Gasteiger partial charge in [-0.15, -0.1) is 0 Å². The molecule has 90 valence electrons. The Kier molecular flexibility index (Phi) is 3.82. The summed E-state index contributed by atoms with van der Waals surface area (Å²) in [5, 5.41) is 0.254. The molecule has 0 atom stereocenters. The molecule has 0 saturated heterocycles. The fourth-order valence-electron chi connectivity index (χ4n) is 1.46. The zero-order valence-corrected chi connectivity index (χ0v) is 12.0. The summed E-state index contributed by atoms with van der Waals surface area (Å²) >= 11 is 7.67. The van der Waals surface area contributed by atoms with Crippen molar-refractivity contribution in [3.63, 3.8) is 0 Å². The zero-order valence-electron chi connectivity index (χ0n) is 9.10. The highest BCUT2D eigenvalue weighted by atomic mass is 127. The van der Waals surface area contributed by atoms with Crippen LogP contribution in [-0.4, -0.2) is 19.1 Å². The van der Waals surface area contributed by atoms with Crippen LogP contribution < -0.4 is 5.56 Å². The Morgan fingerprint density at radius 1 is 1.47 bits per heavy atom. The molecule has 0 fully saturated rings. The Balaban J connectivity index is 2.18. The van der Waals surface area contributed by atoms with Gasteiger partial charge in [0.05, 0.1) is 6.33 Å². The van der Waals surface area contributed by atoms with Crippen LogP contribution in [0.4, 0.5) is 0 Å². The van der Waals surface area contributed by atoms with Crippen LogP contribution in [0.5, 0.6) is 0 Å². The molecule has 0 unspecified atom stereocenters. The van der Waals surface area contributed by atoms with E-state index in [9.17, 15) is 4.79 Å². The van der Waals surface area contributed by atoms with Gasteiger partial charge in [-0.25, -0.2) is 9.97 Å². The van der Waals surface area contributed by atoms with Crippen LogP contribution in [0.1, 0.15) is 5.82 Å². The molecule has 2 aromatic heterocycles. The number of aryl methyl sites for hydroxylation is 3. The van der Waals surface area contributed by atoms with Crippen LogP contribution in [0.15, 0.2) is 23.5 Å². The third-order valence-electron chi connectivity index (χ3n) is 2.44. The Labute approximate surface area is 117 Å². The molecule has 0 radical (unpaired) electrons. The van der Waals surface area contributed by atoms with Gasteiger partial charge in [0.15, 0.2) is 0 Å². The highest BCUT2D eigenvalue weighted by molar-refractivity contribution is 14.1. The van der Waals surface area contributed by atoms with E-state index in [2.05, 4.69) is 9.97 Å². The number of rotatable bonds is 3. The summed E-state index contributed by atoms with van der Waals surface area (Å²) in [6.07, 6.45) is 5.77. The van der Waals surface area contributed by atoms with Gasteiger partial charge in [0.1, 0.15) is 14.5 Å². The second-order valence-electron chi connectivity index (χ2n) is 3.55. The van der Waals surface area contributed by atoms with Crippen LogP contribution in [0.2, 0.25) is 5.15 Å². The monoisotopic (exact) mass is 364 g/mol. The maximum absolute atomic E-state index is 11.8. The number of aromatic nitrogens is 4. The predicted molar refractivity (Wildman–Crippen MR) is 73.1 cm³/mol. The van der Waals surface area contributed by atoms with Gasteiger partial charge in [-0.2, -0.15) is 0 Å². The van der Waals surface area contributed by atoms with Crippen LogP contribution in [0.3, 0.4) is 0 Å². The van der Waals surface area contributed by atoms with Gasteiger partial charge in [-0.3, -0.25) is 9.36 Å². The number of hydrogen-bond donors (Lipinski definition) is 0. The molecule has 0 bridgehead atoms. The molecule has 0 aliphatic heterocycles. The van der Waals surface area contributed by atoms with Crippen molar-refractivity contribution in [3.05, 3.63) is 43.6 Å². The fourth-order valence-corrected chi connectivity index (χ4v) is 2.03. The maximum atomic E-state index is 11.8. The summed E-state index contributed by atoms with van der Waals surface area (Å²) in [4.78, 5) is 20.0. The molecule has 0 aliphatic carbocycles. The lowest BCUT2D eigenvalue weighted by atomic mass is 10.4. The van der Waals surface area contributed by atoms with E-state index in [1.54, 1.807) is 10.8 Å². The molecule has 17 heavy (non-hydrogen) atoms. The van der Waals surface area contributed by atoms with Crippen LogP contribution in [-0.2, 0) is 20.0 Å². The van der Waals surface area contributed by atoms with Gasteiger partial charge < -0.3 is 4.57 Å². The second kappa shape index (κ2) is 5.18. The Hall–Kier alpha value is -0.890. The Morgan fingerprint density at radius 3 is 2.88 bits per heavy atom. The van der Waals surface area contributed by atoms with Gasteiger partial charge in [0.25, 0.3) is 5.56 Å². The Bertz CT molecular complexity index is 592. The van der Waals surface area contributed by atoms with E-state index in [0.717, 1.165) is 5.82 Å². The van der Waals surface area contributed by atoms with Crippen LogP contribution >= 0.6 is 34.2 Å². The van der Waals surface area contributed by atoms with Crippen molar-refractivity contribution in [3.8, 4) is 0 Å². The van der Waals surface area contributed by atoms with Crippen molar-refractivity contribution >= 4 is 34.2 Å². The number of nitrogens with zero attached hydrogens (tertiary/aromatic N) is 4. The number of halogens is 2. The third-order valence-corrected chi connectivity index (χ3v) is 4.02. The minimum Gasteiger partial charge on any atom is -0.338 e. The highest BCUT2D eigenvalue weighted by Crippen LogP contribution is 2.09. The normalized spacial score (nSPS) is 10.8. The summed E-state index contributed by atoms with van der Waals surface area (Å²) < 4.78 is 3.92. The second-order valence-corrected chi connectivity index (χ2v) is 4.99. The molecule has 2 heterocycles. The van der Waals surface area contributed by atoms with E-state index in [-0.39, 0.29) is 10.7 Å². The molecular weight excluding hydrogens is 354 g/mol. The zero-order chi connectivity index (χ0) is 12.4. The van der Waals surface area contributed by atoms with Gasteiger partial charge in [-0.05, 0) is 22.6 Å². The quantitative estimate of drug-likeness (QED) is 0.612. The van der Waals surface area contributed by atoms with E-state index in [1.165, 1.54) is 6.33 Å². The van der Waals surface area contributed by atoms with E-state index < -0.39 is 0 Å². The molecule has 0 amide bonds.